The second kappa shape index (κ2) is 5.64. The van der Waals surface area contributed by atoms with E-state index in [1.807, 2.05) is 6.92 Å². The Kier molecular flexibility index (Phi) is 4.45. The van der Waals surface area contributed by atoms with E-state index in [2.05, 4.69) is 20.8 Å². The molecule has 0 N–H and O–H groups in total. The zero-order chi connectivity index (χ0) is 15.0. The summed E-state index contributed by atoms with van der Waals surface area (Å²) < 4.78 is 15.8. The van der Waals surface area contributed by atoms with Gasteiger partial charge in [0.2, 0.25) is 0 Å². The van der Waals surface area contributed by atoms with Crippen molar-refractivity contribution in [3.63, 3.8) is 0 Å². The molecule has 0 saturated carbocycles. The third-order valence-electron chi connectivity index (χ3n) is 4.76. The molecule has 0 spiro atoms. The van der Waals surface area contributed by atoms with Crippen LogP contribution >= 0.6 is 0 Å². The van der Waals surface area contributed by atoms with Crippen LogP contribution in [0.3, 0.4) is 0 Å². The fourth-order valence-electron chi connectivity index (χ4n) is 2.95. The third-order valence-corrected chi connectivity index (χ3v) is 4.76. The molecule has 2 aliphatic heterocycles. The van der Waals surface area contributed by atoms with E-state index in [-0.39, 0.29) is 23.3 Å². The number of carbonyl (C=O) groups is 1. The number of methoxy groups -OCH3 is 1. The van der Waals surface area contributed by atoms with Crippen molar-refractivity contribution in [3.8, 4) is 0 Å². The Bertz CT molecular complexity index is 365. The lowest BCUT2D eigenvalue weighted by molar-refractivity contribution is -0.142. The van der Waals surface area contributed by atoms with E-state index in [0.29, 0.717) is 12.0 Å². The van der Waals surface area contributed by atoms with Crippen LogP contribution < -0.4 is 0 Å². The fourth-order valence-corrected chi connectivity index (χ4v) is 2.95. The van der Waals surface area contributed by atoms with Gasteiger partial charge in [-0.25, -0.2) is 4.79 Å². The van der Waals surface area contributed by atoms with Gasteiger partial charge in [0.1, 0.15) is 5.60 Å². The Morgan fingerprint density at radius 2 is 1.90 bits per heavy atom. The molecule has 2 heterocycles. The molecular weight excluding hydrogens is 256 g/mol. The lowest BCUT2D eigenvalue weighted by Crippen LogP contribution is -2.19. The molecule has 20 heavy (non-hydrogen) atoms. The third kappa shape index (κ3) is 3.73. The van der Waals surface area contributed by atoms with Crippen LogP contribution in [-0.2, 0) is 19.0 Å². The topological polar surface area (TPSA) is 51.4 Å². The molecule has 116 valence electrons. The molecule has 4 atom stereocenters. The van der Waals surface area contributed by atoms with E-state index >= 15 is 0 Å². The van der Waals surface area contributed by atoms with Gasteiger partial charge in [-0.3, -0.25) is 0 Å². The summed E-state index contributed by atoms with van der Waals surface area (Å²) in [5.41, 5.74) is -0.169. The summed E-state index contributed by atoms with van der Waals surface area (Å²) in [6, 6.07) is 0. The highest BCUT2D eigenvalue weighted by Crippen LogP contribution is 2.42. The molecule has 2 fully saturated rings. The lowest BCUT2D eigenvalue weighted by Gasteiger charge is -2.12. The monoisotopic (exact) mass is 284 g/mol. The molecular formula is C16H28O4. The van der Waals surface area contributed by atoms with Gasteiger partial charge >= 0.3 is 5.97 Å². The van der Waals surface area contributed by atoms with Crippen LogP contribution in [0.25, 0.3) is 0 Å². The molecule has 0 aromatic rings. The summed E-state index contributed by atoms with van der Waals surface area (Å²) in [4.78, 5) is 11.4. The average molecular weight is 284 g/mol. The van der Waals surface area contributed by atoms with Gasteiger partial charge in [-0.2, -0.15) is 0 Å². The van der Waals surface area contributed by atoms with Gasteiger partial charge in [0.05, 0.1) is 18.8 Å². The van der Waals surface area contributed by atoms with Gasteiger partial charge in [-0.05, 0) is 46.0 Å². The predicted octanol–water partition coefficient (Wildman–Crippen LogP) is 3.08. The molecule has 2 saturated heterocycles. The maximum atomic E-state index is 11.4. The van der Waals surface area contributed by atoms with Gasteiger partial charge in [0.15, 0.2) is 6.10 Å². The highest BCUT2D eigenvalue weighted by molar-refractivity contribution is 5.79. The molecule has 0 aliphatic carbocycles. The minimum Gasteiger partial charge on any atom is -0.467 e. The summed E-state index contributed by atoms with van der Waals surface area (Å²) in [6.07, 6.45) is 5.70. The average Bonchev–Trinajstić information content (AvgIpc) is 3.22. The van der Waals surface area contributed by atoms with Crippen LogP contribution in [-0.4, -0.2) is 36.5 Å². The van der Waals surface area contributed by atoms with Gasteiger partial charge in [0, 0.05) is 0 Å². The van der Waals surface area contributed by atoms with E-state index in [9.17, 15) is 4.79 Å². The zero-order valence-corrected chi connectivity index (χ0v) is 13.4. The molecule has 4 heteroatoms. The first kappa shape index (κ1) is 15.8. The number of hydrogen-bond acceptors (Lipinski definition) is 4. The van der Waals surface area contributed by atoms with Crippen molar-refractivity contribution in [1.82, 2.24) is 0 Å². The normalized spacial score (nSPS) is 35.5. The molecule has 0 amide bonds. The van der Waals surface area contributed by atoms with Gasteiger partial charge in [-0.1, -0.05) is 19.8 Å². The van der Waals surface area contributed by atoms with Crippen molar-refractivity contribution in [1.29, 1.82) is 0 Å². The highest BCUT2D eigenvalue weighted by atomic mass is 16.6. The molecule has 2 rings (SSSR count). The lowest BCUT2D eigenvalue weighted by atomic mass is 9.92. The van der Waals surface area contributed by atoms with Crippen LogP contribution in [0.5, 0.6) is 0 Å². The van der Waals surface area contributed by atoms with Gasteiger partial charge in [0.25, 0.3) is 0 Å². The van der Waals surface area contributed by atoms with E-state index in [0.717, 1.165) is 19.3 Å². The van der Waals surface area contributed by atoms with E-state index in [1.54, 1.807) is 0 Å². The Balaban J connectivity index is 1.56. The molecule has 0 aromatic heterocycles. The molecule has 0 bridgehead atoms. The summed E-state index contributed by atoms with van der Waals surface area (Å²) in [5.74, 6) is 0.461. The minimum atomic E-state index is -0.344. The predicted molar refractivity (Wildman–Crippen MR) is 76.5 cm³/mol. The molecule has 0 unspecified atom stereocenters. The molecule has 2 aliphatic rings. The van der Waals surface area contributed by atoms with Crippen molar-refractivity contribution < 1.29 is 19.0 Å². The number of ether oxygens (including phenoxy) is 3. The summed E-state index contributed by atoms with van der Waals surface area (Å²) >= 11 is 0. The maximum Gasteiger partial charge on any atom is 0.338 e. The number of epoxide rings is 2. The second-order valence-corrected chi connectivity index (χ2v) is 7.12. The van der Waals surface area contributed by atoms with Crippen molar-refractivity contribution in [2.75, 3.05) is 7.11 Å². The van der Waals surface area contributed by atoms with Crippen molar-refractivity contribution >= 4 is 5.97 Å². The summed E-state index contributed by atoms with van der Waals surface area (Å²) in [6.45, 7) is 8.60. The second-order valence-electron chi connectivity index (χ2n) is 7.12. The fraction of sp³-hybridized carbons (Fsp3) is 0.938. The van der Waals surface area contributed by atoms with E-state index in [1.165, 1.54) is 20.0 Å². The molecule has 0 radical (unpaired) electrons. The van der Waals surface area contributed by atoms with Crippen LogP contribution in [0.15, 0.2) is 0 Å². The Labute approximate surface area is 122 Å². The molecule has 0 aromatic carbocycles. The summed E-state index contributed by atoms with van der Waals surface area (Å²) in [7, 11) is 1.41. The van der Waals surface area contributed by atoms with Crippen molar-refractivity contribution in [2.24, 2.45) is 5.92 Å². The highest BCUT2D eigenvalue weighted by Gasteiger charge is 2.57. The summed E-state index contributed by atoms with van der Waals surface area (Å²) in [5, 5.41) is 0. The van der Waals surface area contributed by atoms with Crippen LogP contribution in [0, 0.1) is 5.92 Å². The Hall–Kier alpha value is -0.610. The number of esters is 1. The zero-order valence-electron chi connectivity index (χ0n) is 13.4. The van der Waals surface area contributed by atoms with Crippen LogP contribution in [0.2, 0.25) is 0 Å². The standard InChI is InChI=1S/C16H28O4/c1-11(8-9-12-15(2,3)19-12)7-6-10-16(4)13(20-16)14(17)18-5/h11-13H,6-10H2,1-5H3/t11-,12-,13+,16+/m1/s1. The van der Waals surface area contributed by atoms with E-state index < -0.39 is 0 Å². The van der Waals surface area contributed by atoms with Gasteiger partial charge < -0.3 is 14.2 Å². The van der Waals surface area contributed by atoms with Crippen molar-refractivity contribution in [3.05, 3.63) is 0 Å². The SMILES string of the molecule is COC(=O)[C@@H]1O[C@@]1(C)CCC[C@@H](C)CC[C@H]1OC1(C)C. The smallest absolute Gasteiger partial charge is 0.338 e. The first-order valence-corrected chi connectivity index (χ1v) is 7.72. The van der Waals surface area contributed by atoms with Crippen molar-refractivity contribution in [2.45, 2.75) is 83.2 Å². The van der Waals surface area contributed by atoms with Crippen LogP contribution in [0.4, 0.5) is 0 Å². The number of rotatable bonds is 8. The molecule has 4 nitrogen and oxygen atoms in total. The minimum absolute atomic E-state index is 0.114. The van der Waals surface area contributed by atoms with Crippen LogP contribution in [0.1, 0.15) is 59.8 Å². The number of hydrogen-bond donors (Lipinski definition) is 0. The van der Waals surface area contributed by atoms with E-state index in [4.69, 9.17) is 14.2 Å². The Morgan fingerprint density at radius 3 is 2.45 bits per heavy atom. The quantitative estimate of drug-likeness (QED) is 0.508. The largest absolute Gasteiger partial charge is 0.467 e. The first-order valence-electron chi connectivity index (χ1n) is 7.72. The van der Waals surface area contributed by atoms with Gasteiger partial charge in [-0.15, -0.1) is 0 Å². The Morgan fingerprint density at radius 1 is 1.25 bits per heavy atom. The maximum absolute atomic E-state index is 11.4. The first-order chi connectivity index (χ1) is 9.28. The number of carbonyl (C=O) groups excluding carboxylic acids is 1.